The Morgan fingerprint density at radius 1 is 1.00 bits per heavy atom. The first-order chi connectivity index (χ1) is 9.47. The zero-order valence-electron chi connectivity index (χ0n) is 9.86. The van der Waals surface area contributed by atoms with Gasteiger partial charge in [-0.05, 0) is 81.4 Å². The number of nitrogens with zero attached hydrogens (tertiary/aromatic N) is 2. The highest BCUT2D eigenvalue weighted by atomic mass is 79.9. The quantitative estimate of drug-likeness (QED) is 0.457. The molecular formula is C12H8Br4N2O2. The number of carbonyl (C=O) groups is 1. The first kappa shape index (κ1) is 17.9. The number of rotatable bonds is 2. The molecule has 4 nitrogen and oxygen atoms in total. The third kappa shape index (κ3) is 5.69. The molecule has 0 aliphatic carbocycles. The number of hydrogen-bond acceptors (Lipinski definition) is 4. The number of pyridine rings is 2. The van der Waals surface area contributed by atoms with Gasteiger partial charge in [0, 0.05) is 26.9 Å². The van der Waals surface area contributed by atoms with Gasteiger partial charge in [-0.3, -0.25) is 4.79 Å². The average molecular weight is 532 g/mol. The lowest BCUT2D eigenvalue weighted by molar-refractivity contribution is 0.112. The summed E-state index contributed by atoms with van der Waals surface area (Å²) in [5.74, 6) is 0. The second kappa shape index (κ2) is 8.99. The van der Waals surface area contributed by atoms with E-state index in [2.05, 4.69) is 73.7 Å². The van der Waals surface area contributed by atoms with Crippen molar-refractivity contribution in [2.24, 2.45) is 0 Å². The molecule has 2 aromatic heterocycles. The lowest BCUT2D eigenvalue weighted by Crippen LogP contribution is -1.86. The fraction of sp³-hybridized carbons (Fsp3) is 0.0833. The van der Waals surface area contributed by atoms with Crippen LogP contribution in [-0.2, 0) is 6.61 Å². The van der Waals surface area contributed by atoms with E-state index in [0.29, 0.717) is 14.6 Å². The molecule has 1 N–H and O–H groups in total. The average Bonchev–Trinajstić information content (AvgIpc) is 2.44. The number of aromatic nitrogens is 2. The molecule has 2 aromatic rings. The Morgan fingerprint density at radius 2 is 1.55 bits per heavy atom. The Kier molecular flexibility index (Phi) is 8.04. The fourth-order valence-electron chi connectivity index (χ4n) is 1.09. The van der Waals surface area contributed by atoms with Gasteiger partial charge >= 0.3 is 0 Å². The van der Waals surface area contributed by atoms with Gasteiger partial charge in [-0.2, -0.15) is 0 Å². The standard InChI is InChI=1S/C6H5Br2NO.C6H3Br2NO/c2*7-5-2-9-6(8)1-4(5)3-10/h1-2,10H,3H2;1-3H. The molecule has 0 spiro atoms. The minimum Gasteiger partial charge on any atom is -0.392 e. The summed E-state index contributed by atoms with van der Waals surface area (Å²) in [5, 5.41) is 8.76. The number of aliphatic hydroxyl groups excluding tert-OH is 1. The Hall–Kier alpha value is -0.150. The smallest absolute Gasteiger partial charge is 0.151 e. The van der Waals surface area contributed by atoms with Crippen molar-refractivity contribution in [1.82, 2.24) is 9.97 Å². The van der Waals surface area contributed by atoms with E-state index in [0.717, 1.165) is 20.9 Å². The summed E-state index contributed by atoms with van der Waals surface area (Å²) in [6, 6.07) is 3.42. The fourth-order valence-corrected chi connectivity index (χ4v) is 2.47. The van der Waals surface area contributed by atoms with Gasteiger partial charge in [0.15, 0.2) is 6.29 Å². The molecule has 0 bridgehead atoms. The van der Waals surface area contributed by atoms with Crippen LogP contribution in [0.25, 0.3) is 0 Å². The first-order valence-electron chi connectivity index (χ1n) is 5.15. The largest absolute Gasteiger partial charge is 0.392 e. The van der Waals surface area contributed by atoms with Gasteiger partial charge in [0.2, 0.25) is 0 Å². The monoisotopic (exact) mass is 528 g/mol. The van der Waals surface area contributed by atoms with Crippen LogP contribution in [0.2, 0.25) is 0 Å². The molecule has 0 saturated carbocycles. The third-order valence-electron chi connectivity index (χ3n) is 2.05. The molecule has 0 saturated heterocycles. The van der Waals surface area contributed by atoms with Gasteiger partial charge in [-0.15, -0.1) is 0 Å². The Bertz CT molecular complexity index is 608. The zero-order valence-corrected chi connectivity index (χ0v) is 16.2. The van der Waals surface area contributed by atoms with Gasteiger partial charge in [0.1, 0.15) is 9.21 Å². The second-order valence-electron chi connectivity index (χ2n) is 3.40. The number of aldehydes is 1. The molecule has 0 amide bonds. The van der Waals surface area contributed by atoms with Crippen LogP contribution >= 0.6 is 63.7 Å². The first-order valence-corrected chi connectivity index (χ1v) is 8.32. The van der Waals surface area contributed by atoms with Crippen molar-refractivity contribution in [3.05, 3.63) is 53.8 Å². The van der Waals surface area contributed by atoms with Gasteiger partial charge in [-0.1, -0.05) is 0 Å². The Morgan fingerprint density at radius 3 is 2.00 bits per heavy atom. The number of hydrogen-bond donors (Lipinski definition) is 1. The summed E-state index contributed by atoms with van der Waals surface area (Å²) in [7, 11) is 0. The normalized spacial score (nSPS) is 9.65. The number of carbonyl (C=O) groups excluding carboxylic acids is 1. The summed E-state index contributed by atoms with van der Waals surface area (Å²) in [5.41, 5.74) is 1.43. The van der Waals surface area contributed by atoms with E-state index >= 15 is 0 Å². The van der Waals surface area contributed by atoms with Crippen LogP contribution < -0.4 is 0 Å². The summed E-state index contributed by atoms with van der Waals surface area (Å²) in [4.78, 5) is 18.1. The molecule has 106 valence electrons. The van der Waals surface area contributed by atoms with Crippen LogP contribution in [0.4, 0.5) is 0 Å². The molecule has 20 heavy (non-hydrogen) atoms. The third-order valence-corrected chi connectivity index (χ3v) is 4.29. The van der Waals surface area contributed by atoms with Crippen LogP contribution in [0, 0.1) is 0 Å². The Balaban J connectivity index is 0.000000200. The van der Waals surface area contributed by atoms with Crippen molar-refractivity contribution in [2.45, 2.75) is 6.61 Å². The minimum atomic E-state index is 0.0295. The van der Waals surface area contributed by atoms with Crippen molar-refractivity contribution >= 4 is 70.0 Å². The van der Waals surface area contributed by atoms with Crippen molar-refractivity contribution in [2.75, 3.05) is 0 Å². The number of aliphatic hydroxyl groups is 1. The topological polar surface area (TPSA) is 63.1 Å². The summed E-state index contributed by atoms with van der Waals surface area (Å²) in [6.07, 6.45) is 4.00. The van der Waals surface area contributed by atoms with Gasteiger partial charge in [0.25, 0.3) is 0 Å². The summed E-state index contributed by atoms with van der Waals surface area (Å²) < 4.78 is 2.95. The molecular weight excluding hydrogens is 524 g/mol. The van der Waals surface area contributed by atoms with Crippen molar-refractivity contribution < 1.29 is 9.90 Å². The van der Waals surface area contributed by atoms with E-state index in [1.165, 1.54) is 0 Å². The maximum atomic E-state index is 10.3. The van der Waals surface area contributed by atoms with Crippen LogP contribution in [0.1, 0.15) is 15.9 Å². The maximum Gasteiger partial charge on any atom is 0.151 e. The summed E-state index contributed by atoms with van der Waals surface area (Å²) >= 11 is 12.8. The van der Waals surface area contributed by atoms with Gasteiger partial charge < -0.3 is 5.11 Å². The number of halogens is 4. The highest BCUT2D eigenvalue weighted by molar-refractivity contribution is 9.11. The Labute approximate surface area is 149 Å². The van der Waals surface area contributed by atoms with Gasteiger partial charge in [-0.25, -0.2) is 9.97 Å². The molecule has 0 radical (unpaired) electrons. The molecule has 0 unspecified atom stereocenters. The molecule has 0 atom stereocenters. The highest BCUT2D eigenvalue weighted by Gasteiger charge is 1.99. The van der Waals surface area contributed by atoms with E-state index in [-0.39, 0.29) is 6.61 Å². The molecule has 0 aliphatic rings. The van der Waals surface area contributed by atoms with Crippen LogP contribution in [0.15, 0.2) is 42.7 Å². The van der Waals surface area contributed by atoms with Crippen molar-refractivity contribution in [3.63, 3.8) is 0 Å². The van der Waals surface area contributed by atoms with Crippen molar-refractivity contribution in [1.29, 1.82) is 0 Å². The SMILES string of the molecule is O=Cc1cc(Br)ncc1Br.OCc1cc(Br)ncc1Br. The molecule has 2 rings (SSSR count). The maximum absolute atomic E-state index is 10.3. The van der Waals surface area contributed by atoms with E-state index in [9.17, 15) is 4.79 Å². The predicted molar refractivity (Wildman–Crippen MR) is 90.6 cm³/mol. The van der Waals surface area contributed by atoms with Crippen LogP contribution in [0.3, 0.4) is 0 Å². The molecule has 0 aliphatic heterocycles. The van der Waals surface area contributed by atoms with E-state index < -0.39 is 0 Å². The lowest BCUT2D eigenvalue weighted by atomic mass is 10.3. The molecule has 8 heteroatoms. The molecule has 0 aromatic carbocycles. The summed E-state index contributed by atoms with van der Waals surface area (Å²) in [6.45, 7) is 0.0295. The van der Waals surface area contributed by atoms with E-state index in [4.69, 9.17) is 5.11 Å². The van der Waals surface area contributed by atoms with Gasteiger partial charge in [0.05, 0.1) is 6.61 Å². The van der Waals surface area contributed by atoms with Crippen molar-refractivity contribution in [3.8, 4) is 0 Å². The predicted octanol–water partition coefficient (Wildman–Crippen LogP) is 4.52. The van der Waals surface area contributed by atoms with Crippen LogP contribution in [-0.4, -0.2) is 21.4 Å². The molecule has 0 fully saturated rings. The highest BCUT2D eigenvalue weighted by Crippen LogP contribution is 2.18. The van der Waals surface area contributed by atoms with Crippen LogP contribution in [0.5, 0.6) is 0 Å². The zero-order chi connectivity index (χ0) is 15.1. The minimum absolute atomic E-state index is 0.0295. The van der Waals surface area contributed by atoms with E-state index in [1.807, 2.05) is 0 Å². The van der Waals surface area contributed by atoms with E-state index in [1.54, 1.807) is 24.5 Å². The second-order valence-corrected chi connectivity index (χ2v) is 6.74. The molecule has 2 heterocycles. The lowest BCUT2D eigenvalue weighted by Gasteiger charge is -1.98.